The molecule has 2 aromatic heterocycles. The minimum Gasteiger partial charge on any atom is -0.369 e. The molecule has 0 spiro atoms. The number of hydrogen-bond acceptors (Lipinski definition) is 4. The Hall–Kier alpha value is -2.67. The molecule has 2 N–H and O–H groups in total. The highest BCUT2D eigenvalue weighted by atomic mass is 16.5. The van der Waals surface area contributed by atoms with Crippen LogP contribution in [0.15, 0.2) is 36.7 Å². The van der Waals surface area contributed by atoms with Crippen LogP contribution >= 0.6 is 0 Å². The minimum atomic E-state index is -0.297. The largest absolute Gasteiger partial charge is 0.369 e. The second-order valence-corrected chi connectivity index (χ2v) is 6.60. The van der Waals surface area contributed by atoms with Crippen molar-refractivity contribution in [3.8, 4) is 0 Å². The Balaban J connectivity index is 1.41. The molecule has 1 aliphatic rings. The zero-order valence-corrected chi connectivity index (χ0v) is 14.8. The predicted molar refractivity (Wildman–Crippen MR) is 97.5 cm³/mol. The van der Waals surface area contributed by atoms with Crippen LogP contribution in [0.5, 0.6) is 0 Å². The lowest BCUT2D eigenvalue weighted by molar-refractivity contribution is -0.135. The van der Waals surface area contributed by atoms with Gasteiger partial charge in [0.2, 0.25) is 5.91 Å². The second-order valence-electron chi connectivity index (χ2n) is 6.60. The maximum Gasteiger partial charge on any atom is 0.226 e. The van der Waals surface area contributed by atoms with Gasteiger partial charge in [-0.2, -0.15) is 0 Å². The lowest BCUT2D eigenvalue weighted by atomic mass is 9.93. The predicted octanol–water partition coefficient (Wildman–Crippen LogP) is 2.35. The third-order valence-electron chi connectivity index (χ3n) is 4.93. The number of rotatable bonds is 5. The van der Waals surface area contributed by atoms with Crippen LogP contribution in [0.3, 0.4) is 0 Å². The van der Waals surface area contributed by atoms with E-state index in [1.54, 1.807) is 12.4 Å². The summed E-state index contributed by atoms with van der Waals surface area (Å²) in [5.74, 6) is 1.49. The molecule has 0 radical (unpaired) electrons. The molecule has 3 aromatic rings. The fourth-order valence-corrected chi connectivity index (χ4v) is 3.65. The number of amides is 1. The molecule has 3 heterocycles. The van der Waals surface area contributed by atoms with Crippen molar-refractivity contribution in [2.45, 2.75) is 32.4 Å². The fourth-order valence-electron chi connectivity index (χ4n) is 3.65. The van der Waals surface area contributed by atoms with E-state index in [0.29, 0.717) is 19.7 Å². The van der Waals surface area contributed by atoms with E-state index >= 15 is 0 Å². The number of carbonyl (C=O) groups excluding carboxylic acids is 1. The molecule has 136 valence electrons. The number of aromatic amines is 1. The standard InChI is InChI=1S/C19H23N5O2/c1-13-23-15-6-2-3-7-16(15)24(13)11-10-22-19(25)14-5-4-12-26-17(14)18-20-8-9-21-18/h2-3,6-9,14,17H,4-5,10-12H2,1H3,(H,20,21)(H,22,25)/t14-,17-/m1/s1. The summed E-state index contributed by atoms with van der Waals surface area (Å²) in [7, 11) is 0. The van der Waals surface area contributed by atoms with E-state index in [4.69, 9.17) is 4.74 Å². The lowest BCUT2D eigenvalue weighted by Gasteiger charge is -2.29. The zero-order valence-electron chi connectivity index (χ0n) is 14.8. The molecule has 0 aliphatic carbocycles. The van der Waals surface area contributed by atoms with Gasteiger partial charge in [-0.15, -0.1) is 0 Å². The van der Waals surface area contributed by atoms with Gasteiger partial charge >= 0.3 is 0 Å². The SMILES string of the molecule is Cc1nc2ccccc2n1CCNC(=O)[C@@H]1CCCO[C@H]1c1ncc[nH]1. The van der Waals surface area contributed by atoms with Crippen molar-refractivity contribution < 1.29 is 9.53 Å². The average molecular weight is 353 g/mol. The Bertz CT molecular complexity index is 887. The minimum absolute atomic E-state index is 0.0215. The van der Waals surface area contributed by atoms with Gasteiger partial charge in [0.25, 0.3) is 0 Å². The van der Waals surface area contributed by atoms with Gasteiger partial charge in [-0.3, -0.25) is 4.79 Å². The number of H-pyrrole nitrogens is 1. The number of benzene rings is 1. The van der Waals surface area contributed by atoms with Crippen molar-refractivity contribution in [3.05, 3.63) is 48.3 Å². The first-order valence-corrected chi connectivity index (χ1v) is 9.04. The van der Waals surface area contributed by atoms with Crippen LogP contribution < -0.4 is 5.32 Å². The Morgan fingerprint density at radius 3 is 3.15 bits per heavy atom. The first-order chi connectivity index (χ1) is 12.7. The normalized spacial score (nSPS) is 20.3. The smallest absolute Gasteiger partial charge is 0.226 e. The molecule has 7 nitrogen and oxygen atoms in total. The Kier molecular flexibility index (Phi) is 4.71. The summed E-state index contributed by atoms with van der Waals surface area (Å²) < 4.78 is 7.95. The maximum absolute atomic E-state index is 12.7. The Labute approximate surface area is 151 Å². The van der Waals surface area contributed by atoms with Gasteiger partial charge in [0.15, 0.2) is 0 Å². The van der Waals surface area contributed by atoms with E-state index < -0.39 is 0 Å². The molecule has 7 heteroatoms. The van der Waals surface area contributed by atoms with Crippen molar-refractivity contribution in [2.24, 2.45) is 5.92 Å². The molecule has 1 saturated heterocycles. The molecule has 1 amide bonds. The summed E-state index contributed by atoms with van der Waals surface area (Å²) in [5.41, 5.74) is 2.07. The van der Waals surface area contributed by atoms with Gasteiger partial charge in [-0.05, 0) is 31.9 Å². The van der Waals surface area contributed by atoms with Crippen molar-refractivity contribution in [3.63, 3.8) is 0 Å². The third kappa shape index (κ3) is 3.22. The number of ether oxygens (including phenoxy) is 1. The van der Waals surface area contributed by atoms with E-state index in [9.17, 15) is 4.79 Å². The topological polar surface area (TPSA) is 84.8 Å². The number of imidazole rings is 2. The second kappa shape index (κ2) is 7.29. The van der Waals surface area contributed by atoms with E-state index in [1.165, 1.54) is 0 Å². The quantitative estimate of drug-likeness (QED) is 0.737. The molecular weight excluding hydrogens is 330 g/mol. The first-order valence-electron chi connectivity index (χ1n) is 9.04. The van der Waals surface area contributed by atoms with Gasteiger partial charge in [-0.25, -0.2) is 9.97 Å². The molecule has 0 unspecified atom stereocenters. The number of fused-ring (bicyclic) bond motifs is 1. The number of nitrogens with zero attached hydrogens (tertiary/aromatic N) is 3. The van der Waals surface area contributed by atoms with Gasteiger partial charge in [0.05, 0.1) is 17.0 Å². The molecule has 26 heavy (non-hydrogen) atoms. The zero-order chi connectivity index (χ0) is 17.9. The van der Waals surface area contributed by atoms with Crippen LogP contribution in [-0.2, 0) is 16.1 Å². The fraction of sp³-hybridized carbons (Fsp3) is 0.421. The molecule has 1 fully saturated rings. The van der Waals surface area contributed by atoms with E-state index in [-0.39, 0.29) is 17.9 Å². The Morgan fingerprint density at radius 2 is 2.31 bits per heavy atom. The van der Waals surface area contributed by atoms with Crippen LogP contribution in [0.4, 0.5) is 0 Å². The van der Waals surface area contributed by atoms with Crippen LogP contribution in [0.1, 0.15) is 30.6 Å². The molecule has 2 atom stereocenters. The third-order valence-corrected chi connectivity index (χ3v) is 4.93. The highest BCUT2D eigenvalue weighted by Crippen LogP contribution is 2.31. The van der Waals surface area contributed by atoms with E-state index in [2.05, 4.69) is 30.9 Å². The van der Waals surface area contributed by atoms with E-state index in [0.717, 1.165) is 35.5 Å². The Morgan fingerprint density at radius 1 is 1.42 bits per heavy atom. The van der Waals surface area contributed by atoms with Crippen LogP contribution in [0.2, 0.25) is 0 Å². The van der Waals surface area contributed by atoms with Gasteiger partial charge in [0, 0.05) is 32.1 Å². The van der Waals surface area contributed by atoms with Crippen LogP contribution in [-0.4, -0.2) is 38.6 Å². The number of hydrogen-bond donors (Lipinski definition) is 2. The molecule has 0 saturated carbocycles. The highest BCUT2D eigenvalue weighted by molar-refractivity contribution is 5.79. The lowest BCUT2D eigenvalue weighted by Crippen LogP contribution is -2.39. The van der Waals surface area contributed by atoms with Gasteiger partial charge in [-0.1, -0.05) is 12.1 Å². The van der Waals surface area contributed by atoms with Crippen molar-refractivity contribution >= 4 is 16.9 Å². The number of aromatic nitrogens is 4. The molecular formula is C19H23N5O2. The molecule has 0 bridgehead atoms. The van der Waals surface area contributed by atoms with E-state index in [1.807, 2.05) is 25.1 Å². The molecule has 4 rings (SSSR count). The highest BCUT2D eigenvalue weighted by Gasteiger charge is 2.34. The molecule has 1 aliphatic heterocycles. The van der Waals surface area contributed by atoms with Crippen molar-refractivity contribution in [2.75, 3.05) is 13.2 Å². The number of nitrogens with one attached hydrogen (secondary N) is 2. The van der Waals surface area contributed by atoms with Crippen molar-refractivity contribution in [1.29, 1.82) is 0 Å². The monoisotopic (exact) mass is 353 g/mol. The summed E-state index contributed by atoms with van der Waals surface area (Å²) >= 11 is 0. The summed E-state index contributed by atoms with van der Waals surface area (Å²) in [6.07, 6.45) is 4.85. The average Bonchev–Trinajstić information content (AvgIpc) is 3.30. The van der Waals surface area contributed by atoms with Crippen molar-refractivity contribution in [1.82, 2.24) is 24.8 Å². The van der Waals surface area contributed by atoms with Crippen LogP contribution in [0.25, 0.3) is 11.0 Å². The van der Waals surface area contributed by atoms with Gasteiger partial charge < -0.3 is 19.6 Å². The molecule has 1 aromatic carbocycles. The summed E-state index contributed by atoms with van der Waals surface area (Å²) in [4.78, 5) is 24.6. The number of aryl methyl sites for hydroxylation is 1. The summed E-state index contributed by atoms with van der Waals surface area (Å²) in [6.45, 7) is 3.90. The van der Waals surface area contributed by atoms with Gasteiger partial charge in [0.1, 0.15) is 17.8 Å². The summed E-state index contributed by atoms with van der Waals surface area (Å²) in [5, 5.41) is 3.07. The maximum atomic E-state index is 12.7. The number of carbonyl (C=O) groups is 1. The first kappa shape index (κ1) is 16.8. The summed E-state index contributed by atoms with van der Waals surface area (Å²) in [6, 6.07) is 8.05. The number of para-hydroxylation sites is 2. The van der Waals surface area contributed by atoms with Crippen LogP contribution in [0, 0.1) is 12.8 Å².